The molecule has 16 aliphatic carbocycles. The van der Waals surface area contributed by atoms with Crippen molar-refractivity contribution in [3.05, 3.63) is 70.2 Å². The Kier molecular flexibility index (Phi) is 33.9. The number of ketones is 2. The minimum Gasteiger partial charge on any atom is -0.515 e. The molecule has 836 valence electrons. The number of piperidine rings is 1. The van der Waals surface area contributed by atoms with Crippen LogP contribution < -0.4 is 0 Å². The van der Waals surface area contributed by atoms with Crippen molar-refractivity contribution in [2.45, 2.75) is 525 Å². The SMILES string of the molecule is C.C.CC(C)CCC[C@@H](C)[C@H]1CC[C@H]2[C@@H]3[C@H]4OC(C)(C)O[C@@H]4[C@H]4CC(=O)C(=CN5CCCCC5)C[C@]4(C)[C@H]3CC[C@]12C.CC(C)CCC[C@@H](C)[C@H]1CC[C@H]2[C@@H]3[C@H]4OC(C)(C)O[C@@H]4[C@H]4CC(=O)C(=CO)C[C@]4(C)[C@H]3CC[C@]12C.Cc1ncc2c(n1)C[C@@H]1[C@@H](O)[C@H](O)[C@@H]3[C@H](CC[C@]4(C)[C@@H]([C@H](C)CCCC(C)C)CC[C@@H]34)[C@@]1(C)C2.Cc1ncc2c(n1)C[C@@H]1[C@H]3OC(C)(C)O[C@@H]3[C@@H]3[C@H](CC[C@]4(C)[C@@H]([C@H](C)CCCC(C)C)CC[C@@H]34)[C@@]1(C)C2. The van der Waals surface area contributed by atoms with Crippen LogP contribution in [-0.2, 0) is 63.7 Å². The monoisotopic (exact) mass is 2050 g/mol. The lowest BCUT2D eigenvalue weighted by Crippen LogP contribution is -2.64. The molecule has 16 heteroatoms. The Morgan fingerprint density at radius 1 is 0.338 bits per heavy atom. The van der Waals surface area contributed by atoms with E-state index in [0.717, 1.165) is 151 Å². The zero-order chi connectivity index (χ0) is 105. The van der Waals surface area contributed by atoms with Crippen molar-refractivity contribution < 1.29 is 53.3 Å². The predicted molar refractivity (Wildman–Crippen MR) is 598 cm³/mol. The third-order valence-electron chi connectivity index (χ3n) is 48.6. The highest BCUT2D eigenvalue weighted by molar-refractivity contribution is 5.97. The molecule has 16 nitrogen and oxygen atoms in total. The zero-order valence-corrected chi connectivity index (χ0v) is 97.4. The predicted octanol–water partition coefficient (Wildman–Crippen LogP) is 30.5. The van der Waals surface area contributed by atoms with Gasteiger partial charge in [-0.1, -0.05) is 230 Å². The van der Waals surface area contributed by atoms with E-state index in [4.69, 9.17) is 38.4 Å². The maximum Gasteiger partial charge on any atom is 0.163 e. The van der Waals surface area contributed by atoms with Crippen LogP contribution in [0.5, 0.6) is 0 Å². The number of hydrogen-bond donors (Lipinski definition) is 3. The first-order chi connectivity index (χ1) is 68.8. The number of likely N-dealkylation sites (tertiary alicyclic amines) is 1. The summed E-state index contributed by atoms with van der Waals surface area (Å²) < 4.78 is 40.8. The van der Waals surface area contributed by atoms with E-state index in [-0.39, 0.29) is 103 Å². The van der Waals surface area contributed by atoms with Crippen LogP contribution in [0, 0.1) is 223 Å². The molecule has 4 saturated heterocycles. The minimum absolute atomic E-state index is 0. The third kappa shape index (κ3) is 20.7. The second-order valence-electron chi connectivity index (χ2n) is 60.0. The Morgan fingerprint density at radius 2 is 0.622 bits per heavy atom. The smallest absolute Gasteiger partial charge is 0.163 e. The molecule has 18 fully saturated rings. The molecule has 14 saturated carbocycles. The summed E-state index contributed by atoms with van der Waals surface area (Å²) in [6, 6.07) is 0. The van der Waals surface area contributed by atoms with E-state index < -0.39 is 29.6 Å². The van der Waals surface area contributed by atoms with E-state index in [9.17, 15) is 24.9 Å². The molecule has 0 bridgehead atoms. The van der Waals surface area contributed by atoms with Gasteiger partial charge in [-0.05, 0) is 424 Å². The maximum atomic E-state index is 13.7. The lowest BCUT2D eigenvalue weighted by Gasteiger charge is -2.63. The van der Waals surface area contributed by atoms with Gasteiger partial charge in [-0.15, -0.1) is 0 Å². The highest BCUT2D eigenvalue weighted by Crippen LogP contribution is 2.77. The molecule has 2 aromatic heterocycles. The number of Topliss-reactive ketones (excluding diaryl/α,β-unsaturated/α-hetero) is 2. The molecule has 2 aromatic rings. The molecular formula is C132H217N5O11. The summed E-state index contributed by atoms with van der Waals surface area (Å²) in [5.74, 6) is 17.9. The van der Waals surface area contributed by atoms with Crippen molar-refractivity contribution >= 4 is 11.6 Å². The van der Waals surface area contributed by atoms with Crippen molar-refractivity contribution in [3.8, 4) is 0 Å². The van der Waals surface area contributed by atoms with Gasteiger partial charge in [-0.3, -0.25) is 9.59 Å². The normalized spacial score (nSPS) is 45.2. The maximum absolute atomic E-state index is 13.7. The first kappa shape index (κ1) is 115. The summed E-state index contributed by atoms with van der Waals surface area (Å²) in [6.07, 6.45) is 54.6. The molecule has 20 aliphatic rings. The number of aryl methyl sites for hydroxylation is 2. The fourth-order valence-corrected chi connectivity index (χ4v) is 41.8. The largest absolute Gasteiger partial charge is 0.515 e. The number of aliphatic hydroxyl groups excluding tert-OH is 3. The number of nitrogens with zero attached hydrogens (tertiary/aromatic N) is 5. The first-order valence-electron chi connectivity index (χ1n) is 61.7. The number of hydrogen-bond acceptors (Lipinski definition) is 16. The van der Waals surface area contributed by atoms with Crippen molar-refractivity contribution in [2.24, 2.45) is 209 Å². The van der Waals surface area contributed by atoms with Crippen LogP contribution in [0.15, 0.2) is 36.0 Å². The van der Waals surface area contributed by atoms with Gasteiger partial charge in [-0.25, -0.2) is 19.9 Å². The third-order valence-corrected chi connectivity index (χ3v) is 48.6. The zero-order valence-electron chi connectivity index (χ0n) is 97.4. The molecular weight excluding hydrogens is 1830 g/mol. The summed E-state index contributed by atoms with van der Waals surface area (Å²) in [7, 11) is 0. The van der Waals surface area contributed by atoms with E-state index >= 15 is 0 Å². The number of carbonyl (C=O) groups is 2. The van der Waals surface area contributed by atoms with E-state index in [1.165, 1.54) is 216 Å². The summed E-state index contributed by atoms with van der Waals surface area (Å²) in [4.78, 5) is 47.8. The van der Waals surface area contributed by atoms with Gasteiger partial charge in [0.1, 0.15) is 11.6 Å². The Bertz CT molecular complexity index is 4970. The van der Waals surface area contributed by atoms with E-state index in [2.05, 4.69) is 207 Å². The average Bonchev–Trinajstić information content (AvgIpc) is 1.54. The van der Waals surface area contributed by atoms with Crippen LogP contribution >= 0.6 is 0 Å². The summed E-state index contributed by atoms with van der Waals surface area (Å²) >= 11 is 0. The number of allylic oxidation sites excluding steroid dienone is 2. The topological polar surface area (TPSA) is 205 Å². The number of rotatable bonds is 21. The number of aromatic nitrogens is 4. The fourth-order valence-electron chi connectivity index (χ4n) is 41.8. The molecule has 40 atom stereocenters. The van der Waals surface area contributed by atoms with Gasteiger partial charge in [0.05, 0.1) is 55.1 Å². The Hall–Kier alpha value is -3.74. The molecule has 148 heavy (non-hydrogen) atoms. The molecule has 0 amide bonds. The van der Waals surface area contributed by atoms with E-state index in [1.807, 2.05) is 20.0 Å². The molecule has 22 rings (SSSR count). The van der Waals surface area contributed by atoms with Gasteiger partial charge >= 0.3 is 0 Å². The molecule has 6 heterocycles. The van der Waals surface area contributed by atoms with Gasteiger partial charge in [0, 0.05) is 78.9 Å². The van der Waals surface area contributed by atoms with Crippen molar-refractivity contribution in [3.63, 3.8) is 0 Å². The standard InChI is InChI=1S/C36H59NO3.C33H52N2O2.C31H50O4.C30H48N2O2.2CH4/c1-23(2)12-11-13-24(3)26-14-15-27-31-28(16-17-35(26,27)6)36(7)21-25(22-37-18-9-8-10-19-37)30(38)20-29(36)32-33(31)40-34(4,5)39-32;1-19(2)10-9-11-20(3)23-12-13-24-28-25(14-15-32(23,24)7)33(8)17-22-18-34-21(4)35-27(22)16-26(33)29-30(28)37-31(5,6)36-29;1-18(2)9-8-10-19(3)21-11-12-22-26-23(13-14-30(21,22)6)31(7)16-20(17-32)25(33)15-24(31)27-28(26)35-29(4,5)34-27;1-17(2)8-7-9-18(3)21-10-11-22-26-23(12-13-29(21,22)5)30(6)15-20-16-31-19(4)32-25(20)14-24(30)27(33)28(26)34;;/h22-24,26-29,31-33H,8-21H2,1-7H3;18-20,23-26,28-30H,9-17H2,1-8H3;17-19,21-24,26-28,32H,8-16H2,1-7H3;16-18,21-24,26-28,33-34H,7-15H2,1-6H3;2*1H4/t24-,26-,27+,28+,29-,31+,32-,33-,35-,36-;20-,23-,24+,25+,26-,28+,29-,30-,32-,33-;19-,21-,22+,23+,24-,26+,27-,28-,30-,31-;18-,21-,22+,23+,24-,26+,27-,28-,29-,30-;;/m1111../s1. The van der Waals surface area contributed by atoms with Crippen molar-refractivity contribution in [2.75, 3.05) is 13.1 Å². The molecule has 4 aliphatic heterocycles. The second kappa shape index (κ2) is 43.5. The van der Waals surface area contributed by atoms with Gasteiger partial charge in [0.2, 0.25) is 0 Å². The van der Waals surface area contributed by atoms with Crippen LogP contribution in [0.2, 0.25) is 0 Å². The number of aliphatic hydroxyl groups is 3. The second-order valence-corrected chi connectivity index (χ2v) is 60.0. The van der Waals surface area contributed by atoms with E-state index in [0.29, 0.717) is 117 Å². The van der Waals surface area contributed by atoms with Crippen molar-refractivity contribution in [1.82, 2.24) is 24.8 Å². The summed E-state index contributed by atoms with van der Waals surface area (Å²) in [5, 5.41) is 33.0. The van der Waals surface area contributed by atoms with Gasteiger partial charge in [-0.2, -0.15) is 0 Å². The molecule has 3 N–H and O–H groups in total. The quantitative estimate of drug-likeness (QED) is 0.0785. The highest BCUT2D eigenvalue weighted by Gasteiger charge is 2.75. The lowest BCUT2D eigenvalue weighted by molar-refractivity contribution is -0.208. The molecule has 0 radical (unpaired) electrons. The number of ether oxygens (including phenoxy) is 6. The van der Waals surface area contributed by atoms with Crippen LogP contribution in [0.3, 0.4) is 0 Å². The van der Waals surface area contributed by atoms with Gasteiger partial charge in [0.25, 0.3) is 0 Å². The fraction of sp³-hybridized carbons (Fsp3) is 0.894. The number of fused-ring (bicyclic) bond motifs is 31. The Balaban J connectivity index is 0.000000134. The minimum atomic E-state index is -0.653. The average molecular weight is 2050 g/mol. The van der Waals surface area contributed by atoms with Gasteiger partial charge in [0.15, 0.2) is 28.9 Å². The van der Waals surface area contributed by atoms with E-state index in [1.54, 1.807) is 0 Å². The summed E-state index contributed by atoms with van der Waals surface area (Å²) in [5.41, 5.74) is 8.55. The van der Waals surface area contributed by atoms with Gasteiger partial charge < -0.3 is 48.6 Å². The highest BCUT2D eigenvalue weighted by atomic mass is 16.8. The first-order valence-corrected chi connectivity index (χ1v) is 61.7. The van der Waals surface area contributed by atoms with Crippen LogP contribution in [-0.4, -0.2) is 131 Å². The Morgan fingerprint density at radius 3 is 0.959 bits per heavy atom. The van der Waals surface area contributed by atoms with Crippen molar-refractivity contribution in [1.29, 1.82) is 0 Å². The molecule has 0 aromatic carbocycles. The molecule has 0 unspecified atom stereocenters. The number of carbonyl (C=O) groups excluding carboxylic acids is 2. The lowest BCUT2D eigenvalue weighted by atomic mass is 9.43. The molecule has 0 spiro atoms. The van der Waals surface area contributed by atoms with Crippen LogP contribution in [0.1, 0.15) is 454 Å². The van der Waals surface area contributed by atoms with Crippen LogP contribution in [0.25, 0.3) is 0 Å². The Labute approximate surface area is 901 Å². The summed E-state index contributed by atoms with van der Waals surface area (Å²) in [6.45, 7) is 68.3. The van der Waals surface area contributed by atoms with Crippen LogP contribution in [0.4, 0.5) is 0 Å².